The van der Waals surface area contributed by atoms with Crippen LogP contribution < -0.4 is 10.6 Å². The van der Waals surface area contributed by atoms with Crippen molar-refractivity contribution in [3.63, 3.8) is 0 Å². The predicted molar refractivity (Wildman–Crippen MR) is 91.4 cm³/mol. The number of carbonyl (C=O) groups is 1. The van der Waals surface area contributed by atoms with Crippen molar-refractivity contribution < 1.29 is 13.9 Å². The molecule has 1 aromatic carbocycles. The standard InChI is InChI=1S/C18H21FN4O2/c19-14-6-4-13(5-7-14)17(15-3-1-12-25-15)23-16(24)8-11-22-18-20-9-2-10-21-18/h2,4-7,9-10,15,17H,1,3,8,11-12H2,(H,23,24)(H,20,21,22)/t15-,17-/m0/s1. The zero-order chi connectivity index (χ0) is 17.5. The molecule has 132 valence electrons. The van der Waals surface area contributed by atoms with E-state index in [1.165, 1.54) is 12.1 Å². The SMILES string of the molecule is O=C(CCNc1ncccn1)N[C@@H](c1ccc(F)cc1)[C@@H]1CCCO1. The monoisotopic (exact) mass is 344 g/mol. The Hall–Kier alpha value is -2.54. The van der Waals surface area contributed by atoms with E-state index < -0.39 is 0 Å². The molecule has 1 saturated heterocycles. The number of nitrogens with zero attached hydrogens (tertiary/aromatic N) is 2. The fourth-order valence-electron chi connectivity index (χ4n) is 2.85. The van der Waals surface area contributed by atoms with Crippen LogP contribution in [0.2, 0.25) is 0 Å². The van der Waals surface area contributed by atoms with E-state index in [1.54, 1.807) is 30.6 Å². The van der Waals surface area contributed by atoms with Gasteiger partial charge in [0, 0.05) is 32.0 Å². The first-order valence-electron chi connectivity index (χ1n) is 8.40. The summed E-state index contributed by atoms with van der Waals surface area (Å²) in [5, 5.41) is 6.02. The smallest absolute Gasteiger partial charge is 0.222 e. The first kappa shape index (κ1) is 17.3. The minimum absolute atomic E-state index is 0.0835. The summed E-state index contributed by atoms with van der Waals surface area (Å²) in [4.78, 5) is 20.4. The summed E-state index contributed by atoms with van der Waals surface area (Å²) < 4.78 is 18.9. The predicted octanol–water partition coefficient (Wildman–Crippen LogP) is 2.45. The number of ether oxygens (including phenoxy) is 1. The van der Waals surface area contributed by atoms with Crippen molar-refractivity contribution in [3.05, 3.63) is 54.1 Å². The van der Waals surface area contributed by atoms with Crippen LogP contribution in [0, 0.1) is 5.82 Å². The Morgan fingerprint density at radius 3 is 2.72 bits per heavy atom. The molecule has 0 bridgehead atoms. The van der Waals surface area contributed by atoms with E-state index in [-0.39, 0.29) is 30.3 Å². The molecule has 25 heavy (non-hydrogen) atoms. The summed E-state index contributed by atoms with van der Waals surface area (Å²) in [5.41, 5.74) is 0.848. The normalized spacial score (nSPS) is 17.9. The van der Waals surface area contributed by atoms with Gasteiger partial charge in [0.1, 0.15) is 5.82 Å². The van der Waals surface area contributed by atoms with E-state index >= 15 is 0 Å². The third kappa shape index (κ3) is 4.96. The highest BCUT2D eigenvalue weighted by Gasteiger charge is 2.28. The molecule has 1 aliphatic rings. The van der Waals surface area contributed by atoms with Crippen LogP contribution >= 0.6 is 0 Å². The van der Waals surface area contributed by atoms with Crippen LogP contribution in [0.4, 0.5) is 10.3 Å². The van der Waals surface area contributed by atoms with E-state index in [4.69, 9.17) is 4.74 Å². The van der Waals surface area contributed by atoms with Crippen LogP contribution in [0.15, 0.2) is 42.7 Å². The molecule has 2 aromatic rings. The van der Waals surface area contributed by atoms with Crippen LogP contribution in [0.1, 0.15) is 30.9 Å². The third-order valence-electron chi connectivity index (χ3n) is 4.08. The molecule has 7 heteroatoms. The number of halogens is 1. The van der Waals surface area contributed by atoms with Crippen LogP contribution in [-0.4, -0.2) is 35.1 Å². The largest absolute Gasteiger partial charge is 0.376 e. The summed E-state index contributed by atoms with van der Waals surface area (Å²) in [6, 6.07) is 7.64. The van der Waals surface area contributed by atoms with Gasteiger partial charge in [-0.3, -0.25) is 4.79 Å². The van der Waals surface area contributed by atoms with Crippen LogP contribution in [-0.2, 0) is 9.53 Å². The van der Waals surface area contributed by atoms with Crippen molar-refractivity contribution in [2.75, 3.05) is 18.5 Å². The van der Waals surface area contributed by atoms with Gasteiger partial charge in [-0.25, -0.2) is 14.4 Å². The molecule has 1 fully saturated rings. The van der Waals surface area contributed by atoms with Gasteiger partial charge in [0.25, 0.3) is 0 Å². The van der Waals surface area contributed by atoms with Crippen molar-refractivity contribution in [2.45, 2.75) is 31.4 Å². The van der Waals surface area contributed by atoms with E-state index in [9.17, 15) is 9.18 Å². The summed E-state index contributed by atoms with van der Waals surface area (Å²) >= 11 is 0. The first-order valence-corrected chi connectivity index (χ1v) is 8.40. The Bertz CT molecular complexity index is 675. The molecule has 2 atom stereocenters. The minimum Gasteiger partial charge on any atom is -0.376 e. The lowest BCUT2D eigenvalue weighted by atomic mass is 9.99. The molecule has 1 aliphatic heterocycles. The Balaban J connectivity index is 1.57. The second-order valence-corrected chi connectivity index (χ2v) is 5.90. The fraction of sp³-hybridized carbons (Fsp3) is 0.389. The van der Waals surface area contributed by atoms with E-state index in [2.05, 4.69) is 20.6 Å². The molecule has 0 radical (unpaired) electrons. The maximum Gasteiger partial charge on any atom is 0.222 e. The van der Waals surface area contributed by atoms with Crippen LogP contribution in [0.3, 0.4) is 0 Å². The minimum atomic E-state index is -0.298. The molecule has 0 unspecified atom stereocenters. The summed E-state index contributed by atoms with van der Waals surface area (Å²) in [5.74, 6) is 0.0889. The number of aromatic nitrogens is 2. The maximum absolute atomic E-state index is 13.2. The van der Waals surface area contributed by atoms with Crippen molar-refractivity contribution in [3.8, 4) is 0 Å². The van der Waals surface area contributed by atoms with Gasteiger partial charge in [0.05, 0.1) is 12.1 Å². The van der Waals surface area contributed by atoms with Crippen LogP contribution in [0.5, 0.6) is 0 Å². The van der Waals surface area contributed by atoms with Crippen molar-refractivity contribution in [1.82, 2.24) is 15.3 Å². The highest BCUT2D eigenvalue weighted by atomic mass is 19.1. The first-order chi connectivity index (χ1) is 12.2. The number of rotatable bonds is 7. The lowest BCUT2D eigenvalue weighted by Crippen LogP contribution is -2.36. The summed E-state index contributed by atoms with van der Waals surface area (Å²) in [6.45, 7) is 1.11. The lowest BCUT2D eigenvalue weighted by Gasteiger charge is -2.25. The Labute approximate surface area is 145 Å². The van der Waals surface area contributed by atoms with Gasteiger partial charge in [0.15, 0.2) is 0 Å². The van der Waals surface area contributed by atoms with E-state index in [1.807, 2.05) is 0 Å². The lowest BCUT2D eigenvalue weighted by molar-refractivity contribution is -0.122. The Morgan fingerprint density at radius 1 is 1.28 bits per heavy atom. The number of benzene rings is 1. The molecule has 2 N–H and O–H groups in total. The zero-order valence-corrected chi connectivity index (χ0v) is 13.8. The van der Waals surface area contributed by atoms with Gasteiger partial charge < -0.3 is 15.4 Å². The van der Waals surface area contributed by atoms with E-state index in [0.29, 0.717) is 19.1 Å². The number of amides is 1. The molecular formula is C18H21FN4O2. The number of hydrogen-bond donors (Lipinski definition) is 2. The van der Waals surface area contributed by atoms with Crippen LogP contribution in [0.25, 0.3) is 0 Å². The molecule has 3 rings (SSSR count). The number of nitrogens with one attached hydrogen (secondary N) is 2. The zero-order valence-electron chi connectivity index (χ0n) is 13.8. The summed E-state index contributed by atoms with van der Waals surface area (Å²) in [7, 11) is 0. The molecule has 0 spiro atoms. The van der Waals surface area contributed by atoms with E-state index in [0.717, 1.165) is 18.4 Å². The van der Waals surface area contributed by atoms with Crippen molar-refractivity contribution >= 4 is 11.9 Å². The highest BCUT2D eigenvalue weighted by Crippen LogP contribution is 2.27. The summed E-state index contributed by atoms with van der Waals surface area (Å²) in [6.07, 6.45) is 5.31. The van der Waals surface area contributed by atoms with Gasteiger partial charge in [-0.1, -0.05) is 12.1 Å². The van der Waals surface area contributed by atoms with Crippen molar-refractivity contribution in [1.29, 1.82) is 0 Å². The molecule has 0 saturated carbocycles. The number of carbonyl (C=O) groups excluding carboxylic acids is 1. The van der Waals surface area contributed by atoms with Crippen molar-refractivity contribution in [2.24, 2.45) is 0 Å². The second-order valence-electron chi connectivity index (χ2n) is 5.90. The fourth-order valence-corrected chi connectivity index (χ4v) is 2.85. The molecule has 1 amide bonds. The van der Waals surface area contributed by atoms with Gasteiger partial charge in [-0.15, -0.1) is 0 Å². The molecular weight excluding hydrogens is 323 g/mol. The molecule has 1 aromatic heterocycles. The maximum atomic E-state index is 13.2. The highest BCUT2D eigenvalue weighted by molar-refractivity contribution is 5.77. The number of hydrogen-bond acceptors (Lipinski definition) is 5. The second kappa shape index (κ2) is 8.53. The average molecular weight is 344 g/mol. The topological polar surface area (TPSA) is 76.1 Å². The molecule has 6 nitrogen and oxygen atoms in total. The third-order valence-corrected chi connectivity index (χ3v) is 4.08. The van der Waals surface area contributed by atoms with Gasteiger partial charge in [0.2, 0.25) is 11.9 Å². The van der Waals surface area contributed by atoms with Gasteiger partial charge in [-0.2, -0.15) is 0 Å². The quantitative estimate of drug-likeness (QED) is 0.807. The number of anilines is 1. The van der Waals surface area contributed by atoms with Gasteiger partial charge >= 0.3 is 0 Å². The average Bonchev–Trinajstić information content (AvgIpc) is 3.16. The Morgan fingerprint density at radius 2 is 2.04 bits per heavy atom. The Kier molecular flexibility index (Phi) is 5.90. The van der Waals surface area contributed by atoms with Gasteiger partial charge in [-0.05, 0) is 36.6 Å². The molecule has 0 aliphatic carbocycles. The molecule has 2 heterocycles.